The molecular weight excluding hydrogens is 315 g/mol. The molecule has 0 fully saturated rings. The second kappa shape index (κ2) is 6.75. The summed E-state index contributed by atoms with van der Waals surface area (Å²) in [5.74, 6) is 5.75. The first-order valence-corrected chi connectivity index (χ1v) is 6.85. The molecule has 112 valence electrons. The van der Waals surface area contributed by atoms with Crippen molar-refractivity contribution in [1.82, 2.24) is 15.0 Å². The Morgan fingerprint density at radius 2 is 1.86 bits per heavy atom. The van der Waals surface area contributed by atoms with E-state index in [9.17, 15) is 0 Å². The summed E-state index contributed by atoms with van der Waals surface area (Å²) in [6, 6.07) is 5.18. The number of rotatable bonds is 5. The van der Waals surface area contributed by atoms with Crippen molar-refractivity contribution in [2.75, 3.05) is 10.7 Å². The predicted octanol–water partition coefficient (Wildman–Crippen LogP) is 2.99. The van der Waals surface area contributed by atoms with Crippen LogP contribution in [0, 0.1) is 0 Å². The lowest BCUT2D eigenvalue weighted by molar-refractivity contribution is 0.222. The number of hydrogen-bond donors (Lipinski definition) is 3. The molecule has 0 aliphatic heterocycles. The van der Waals surface area contributed by atoms with Crippen LogP contribution in [0.2, 0.25) is 10.0 Å². The van der Waals surface area contributed by atoms with Crippen LogP contribution in [0.4, 0.5) is 17.6 Å². The number of aromatic nitrogens is 3. The fourth-order valence-electron chi connectivity index (χ4n) is 1.45. The van der Waals surface area contributed by atoms with Gasteiger partial charge in [0, 0.05) is 5.02 Å². The van der Waals surface area contributed by atoms with E-state index in [1.165, 1.54) is 0 Å². The van der Waals surface area contributed by atoms with Crippen LogP contribution in [-0.2, 0) is 0 Å². The van der Waals surface area contributed by atoms with Crippen LogP contribution in [0.1, 0.15) is 13.8 Å². The molecule has 0 radical (unpaired) electrons. The van der Waals surface area contributed by atoms with Crippen molar-refractivity contribution in [2.24, 2.45) is 5.84 Å². The average Bonchev–Trinajstić information content (AvgIpc) is 2.41. The third kappa shape index (κ3) is 4.32. The molecule has 0 aliphatic carbocycles. The smallest absolute Gasteiger partial charge is 0.323 e. The molecule has 0 unspecified atom stereocenters. The van der Waals surface area contributed by atoms with Gasteiger partial charge in [-0.1, -0.05) is 23.2 Å². The van der Waals surface area contributed by atoms with Gasteiger partial charge in [0.25, 0.3) is 0 Å². The summed E-state index contributed by atoms with van der Waals surface area (Å²) in [4.78, 5) is 12.2. The maximum absolute atomic E-state index is 6.09. The highest BCUT2D eigenvalue weighted by molar-refractivity contribution is 6.36. The van der Waals surface area contributed by atoms with Gasteiger partial charge >= 0.3 is 6.01 Å². The molecule has 0 bridgehead atoms. The molecule has 2 rings (SSSR count). The zero-order valence-electron chi connectivity index (χ0n) is 11.4. The van der Waals surface area contributed by atoms with Crippen LogP contribution >= 0.6 is 23.2 Å². The molecule has 0 spiro atoms. The average molecular weight is 329 g/mol. The topological polar surface area (TPSA) is 98.0 Å². The maximum atomic E-state index is 6.09. The van der Waals surface area contributed by atoms with Gasteiger partial charge in [0.05, 0.1) is 16.8 Å². The molecule has 0 aliphatic rings. The number of ether oxygens (including phenoxy) is 1. The van der Waals surface area contributed by atoms with Crippen molar-refractivity contribution in [1.29, 1.82) is 0 Å². The second-order valence-electron chi connectivity index (χ2n) is 4.33. The zero-order chi connectivity index (χ0) is 15.4. The lowest BCUT2D eigenvalue weighted by Gasteiger charge is -2.11. The van der Waals surface area contributed by atoms with Crippen molar-refractivity contribution in [3.63, 3.8) is 0 Å². The molecule has 0 saturated heterocycles. The van der Waals surface area contributed by atoms with Crippen molar-refractivity contribution in [2.45, 2.75) is 20.0 Å². The molecular formula is C12H14Cl2N6O. The van der Waals surface area contributed by atoms with Crippen LogP contribution in [0.25, 0.3) is 0 Å². The van der Waals surface area contributed by atoms with E-state index in [4.69, 9.17) is 33.8 Å². The Balaban J connectivity index is 2.29. The van der Waals surface area contributed by atoms with E-state index in [0.717, 1.165) is 0 Å². The van der Waals surface area contributed by atoms with Crippen LogP contribution < -0.4 is 21.3 Å². The van der Waals surface area contributed by atoms with Gasteiger partial charge in [-0.05, 0) is 32.0 Å². The molecule has 1 aromatic carbocycles. The second-order valence-corrected chi connectivity index (χ2v) is 5.17. The van der Waals surface area contributed by atoms with E-state index in [2.05, 4.69) is 25.7 Å². The Morgan fingerprint density at radius 1 is 1.14 bits per heavy atom. The Hall–Kier alpha value is -1.83. The quantitative estimate of drug-likeness (QED) is 0.573. The third-order valence-electron chi connectivity index (χ3n) is 2.26. The summed E-state index contributed by atoms with van der Waals surface area (Å²) >= 11 is 11.9. The summed E-state index contributed by atoms with van der Waals surface area (Å²) in [5, 5.41) is 3.94. The maximum Gasteiger partial charge on any atom is 0.323 e. The van der Waals surface area contributed by atoms with Crippen LogP contribution in [0.3, 0.4) is 0 Å². The molecule has 2 aromatic rings. The van der Waals surface area contributed by atoms with Gasteiger partial charge in [-0.15, -0.1) is 0 Å². The predicted molar refractivity (Wildman–Crippen MR) is 83.1 cm³/mol. The summed E-state index contributed by atoms with van der Waals surface area (Å²) in [5.41, 5.74) is 2.96. The molecule has 0 amide bonds. The fourth-order valence-corrected chi connectivity index (χ4v) is 1.91. The minimum Gasteiger partial charge on any atom is -0.461 e. The van der Waals surface area contributed by atoms with E-state index >= 15 is 0 Å². The third-order valence-corrected chi connectivity index (χ3v) is 2.81. The summed E-state index contributed by atoms with van der Waals surface area (Å²) < 4.78 is 5.43. The Kier molecular flexibility index (Phi) is 5.00. The first-order valence-electron chi connectivity index (χ1n) is 6.09. The number of nitrogens with one attached hydrogen (secondary N) is 2. The van der Waals surface area contributed by atoms with E-state index in [1.54, 1.807) is 18.2 Å². The number of nitrogen functional groups attached to an aromatic ring is 1. The van der Waals surface area contributed by atoms with Crippen LogP contribution in [0.5, 0.6) is 6.01 Å². The van der Waals surface area contributed by atoms with Crippen LogP contribution in [0.15, 0.2) is 18.2 Å². The summed E-state index contributed by atoms with van der Waals surface area (Å²) in [6.45, 7) is 3.73. The molecule has 0 atom stereocenters. The van der Waals surface area contributed by atoms with Crippen molar-refractivity contribution >= 4 is 40.8 Å². The molecule has 1 aromatic heterocycles. The monoisotopic (exact) mass is 328 g/mol. The molecule has 1 heterocycles. The van der Waals surface area contributed by atoms with Gasteiger partial charge in [-0.2, -0.15) is 15.0 Å². The minimum absolute atomic E-state index is 0.0787. The first kappa shape index (κ1) is 15.6. The molecule has 7 nitrogen and oxygen atoms in total. The van der Waals surface area contributed by atoms with Gasteiger partial charge in [-0.3, -0.25) is 5.43 Å². The standard InChI is InChI=1S/C12H14Cl2N6O/c1-6(2)21-12-18-10(17-11(19-12)20-15)16-9-4-3-7(13)5-8(9)14/h3-6H,15H2,1-2H3,(H2,16,17,18,19,20). The number of nitrogens with two attached hydrogens (primary N) is 1. The Bertz CT molecular complexity index is 637. The molecule has 21 heavy (non-hydrogen) atoms. The van der Waals surface area contributed by atoms with E-state index in [1.807, 2.05) is 13.8 Å². The van der Waals surface area contributed by atoms with E-state index in [-0.39, 0.29) is 24.0 Å². The highest BCUT2D eigenvalue weighted by Crippen LogP contribution is 2.27. The van der Waals surface area contributed by atoms with Gasteiger partial charge in [0.1, 0.15) is 0 Å². The number of hydrogen-bond acceptors (Lipinski definition) is 7. The normalized spacial score (nSPS) is 10.6. The van der Waals surface area contributed by atoms with Crippen LogP contribution in [-0.4, -0.2) is 21.1 Å². The van der Waals surface area contributed by atoms with Gasteiger partial charge in [-0.25, -0.2) is 5.84 Å². The largest absolute Gasteiger partial charge is 0.461 e. The molecule has 4 N–H and O–H groups in total. The fraction of sp³-hybridized carbons (Fsp3) is 0.250. The zero-order valence-corrected chi connectivity index (χ0v) is 12.9. The molecule has 9 heteroatoms. The first-order chi connectivity index (χ1) is 9.97. The van der Waals surface area contributed by atoms with Crippen molar-refractivity contribution in [3.8, 4) is 6.01 Å². The summed E-state index contributed by atoms with van der Waals surface area (Å²) in [7, 11) is 0. The highest BCUT2D eigenvalue weighted by atomic mass is 35.5. The van der Waals surface area contributed by atoms with Gasteiger partial charge in [0.2, 0.25) is 11.9 Å². The number of benzene rings is 1. The van der Waals surface area contributed by atoms with E-state index < -0.39 is 0 Å². The van der Waals surface area contributed by atoms with E-state index in [0.29, 0.717) is 15.7 Å². The van der Waals surface area contributed by atoms with Gasteiger partial charge < -0.3 is 10.1 Å². The number of hydrazine groups is 1. The Morgan fingerprint density at radius 3 is 2.48 bits per heavy atom. The summed E-state index contributed by atoms with van der Waals surface area (Å²) in [6.07, 6.45) is -0.0787. The lowest BCUT2D eigenvalue weighted by atomic mass is 10.3. The van der Waals surface area contributed by atoms with Crippen molar-refractivity contribution < 1.29 is 4.74 Å². The Labute approximate surface area is 131 Å². The number of nitrogens with zero attached hydrogens (tertiary/aromatic N) is 3. The van der Waals surface area contributed by atoms with Crippen molar-refractivity contribution in [3.05, 3.63) is 28.2 Å². The molecule has 0 saturated carbocycles. The van der Waals surface area contributed by atoms with Gasteiger partial charge in [0.15, 0.2) is 0 Å². The number of anilines is 3. The minimum atomic E-state index is -0.0787. The lowest BCUT2D eigenvalue weighted by Crippen LogP contribution is -2.15. The highest BCUT2D eigenvalue weighted by Gasteiger charge is 2.10. The SMILES string of the molecule is CC(C)Oc1nc(NN)nc(Nc2ccc(Cl)cc2Cl)n1. The number of halogens is 2.